The fraction of sp³-hybridized carbons (Fsp3) is 0.571. The van der Waals surface area contributed by atoms with Crippen LogP contribution in [0.1, 0.15) is 96.5 Å². The first-order valence-corrected chi connectivity index (χ1v) is 14.6. The van der Waals surface area contributed by atoms with Crippen LogP contribution in [-0.4, -0.2) is 8.07 Å². The van der Waals surface area contributed by atoms with Gasteiger partial charge in [-0.2, -0.15) is 0 Å². The van der Waals surface area contributed by atoms with E-state index >= 15 is 0 Å². The standard InChI is InChI=1S/C28H40Si/c1-16-12-21-13-23-24(28(8,9)15-27(23,6)7)14-22(21)25(16)29(10,11)26-19(4)17(2)18(3)20(26)5/h12-14,25-26H,15H2,1-11H3. The molecule has 1 unspecified atom stereocenters. The van der Waals surface area contributed by atoms with Gasteiger partial charge >= 0.3 is 0 Å². The average Bonchev–Trinajstić information content (AvgIpc) is 3.08. The van der Waals surface area contributed by atoms with Crippen LogP contribution in [0, 0.1) is 0 Å². The Morgan fingerprint density at radius 3 is 1.76 bits per heavy atom. The Labute approximate surface area is 180 Å². The van der Waals surface area contributed by atoms with Gasteiger partial charge in [0.2, 0.25) is 0 Å². The van der Waals surface area contributed by atoms with Crippen molar-refractivity contribution in [3.63, 3.8) is 0 Å². The summed E-state index contributed by atoms with van der Waals surface area (Å²) >= 11 is 0. The van der Waals surface area contributed by atoms with Gasteiger partial charge in [-0.3, -0.25) is 0 Å². The Hall–Kier alpha value is -1.34. The molecule has 1 heteroatoms. The van der Waals surface area contributed by atoms with Crippen LogP contribution in [0.15, 0.2) is 40.0 Å². The quantitative estimate of drug-likeness (QED) is 0.434. The normalized spacial score (nSPS) is 25.6. The van der Waals surface area contributed by atoms with Gasteiger partial charge in [-0.05, 0) is 90.8 Å². The van der Waals surface area contributed by atoms with Crippen molar-refractivity contribution >= 4 is 14.1 Å². The van der Waals surface area contributed by atoms with Crippen LogP contribution < -0.4 is 0 Å². The fourth-order valence-corrected chi connectivity index (χ4v) is 12.9. The smallest absolute Gasteiger partial charge is 0.0679 e. The van der Waals surface area contributed by atoms with E-state index in [1.165, 1.54) is 12.0 Å². The second-order valence-corrected chi connectivity index (χ2v) is 17.0. The van der Waals surface area contributed by atoms with Crippen LogP contribution in [0.25, 0.3) is 6.08 Å². The lowest BCUT2D eigenvalue weighted by molar-refractivity contribution is 0.403. The number of hydrogen-bond donors (Lipinski definition) is 0. The molecule has 0 saturated carbocycles. The van der Waals surface area contributed by atoms with Gasteiger partial charge in [0.15, 0.2) is 0 Å². The second kappa shape index (κ2) is 6.09. The van der Waals surface area contributed by atoms with Crippen LogP contribution in [0.4, 0.5) is 0 Å². The molecule has 0 radical (unpaired) electrons. The lowest BCUT2D eigenvalue weighted by atomic mass is 9.82. The summed E-state index contributed by atoms with van der Waals surface area (Å²) in [6.45, 7) is 26.9. The summed E-state index contributed by atoms with van der Waals surface area (Å²) < 4.78 is 0. The van der Waals surface area contributed by atoms with Crippen LogP contribution >= 0.6 is 0 Å². The zero-order valence-corrected chi connectivity index (χ0v) is 21.6. The number of hydrogen-bond acceptors (Lipinski definition) is 0. The topological polar surface area (TPSA) is 0 Å². The Bertz CT molecular complexity index is 983. The molecular weight excluding hydrogens is 364 g/mol. The van der Waals surface area contributed by atoms with Crippen LogP contribution in [0.3, 0.4) is 0 Å². The van der Waals surface area contributed by atoms with Gasteiger partial charge in [0.1, 0.15) is 0 Å². The highest BCUT2D eigenvalue weighted by atomic mass is 28.3. The first-order chi connectivity index (χ1) is 13.2. The Morgan fingerprint density at radius 1 is 0.759 bits per heavy atom. The highest BCUT2D eigenvalue weighted by Gasteiger charge is 2.49. The summed E-state index contributed by atoms with van der Waals surface area (Å²) in [7, 11) is -1.66. The summed E-state index contributed by atoms with van der Waals surface area (Å²) in [5.74, 6) is 0. The minimum Gasteiger partial charge on any atom is -0.0679 e. The maximum absolute atomic E-state index is 2.65. The monoisotopic (exact) mass is 404 g/mol. The van der Waals surface area contributed by atoms with Crippen LogP contribution in [-0.2, 0) is 10.8 Å². The van der Waals surface area contributed by atoms with Crippen molar-refractivity contribution in [1.82, 2.24) is 0 Å². The van der Waals surface area contributed by atoms with Crippen LogP contribution in [0.2, 0.25) is 18.6 Å². The molecule has 3 aliphatic rings. The fourth-order valence-electron chi connectivity index (χ4n) is 7.62. The molecular formula is C28H40Si. The van der Waals surface area contributed by atoms with Crippen molar-refractivity contribution in [3.8, 4) is 0 Å². The van der Waals surface area contributed by atoms with Crippen molar-refractivity contribution in [2.75, 3.05) is 0 Å². The Kier molecular flexibility index (Phi) is 4.39. The summed E-state index contributed by atoms with van der Waals surface area (Å²) in [6.07, 6.45) is 3.76. The van der Waals surface area contributed by atoms with E-state index in [1.807, 2.05) is 0 Å². The third kappa shape index (κ3) is 2.76. The number of rotatable bonds is 2. The molecule has 3 aliphatic carbocycles. The molecule has 0 saturated heterocycles. The van der Waals surface area contributed by atoms with Gasteiger partial charge in [0.25, 0.3) is 0 Å². The molecule has 156 valence electrons. The van der Waals surface area contributed by atoms with Crippen molar-refractivity contribution < 1.29 is 0 Å². The molecule has 0 heterocycles. The highest BCUT2D eigenvalue weighted by molar-refractivity contribution is 6.82. The first kappa shape index (κ1) is 20.9. The molecule has 0 fully saturated rings. The van der Waals surface area contributed by atoms with E-state index in [1.54, 1.807) is 44.6 Å². The van der Waals surface area contributed by atoms with Crippen molar-refractivity contribution in [2.45, 2.75) is 104 Å². The largest absolute Gasteiger partial charge is 0.0717 e. The van der Waals surface area contributed by atoms with Gasteiger partial charge in [0, 0.05) is 5.54 Å². The highest BCUT2D eigenvalue weighted by Crippen LogP contribution is 2.57. The molecule has 0 amide bonds. The third-order valence-corrected chi connectivity index (χ3v) is 13.4. The lowest BCUT2D eigenvalue weighted by Gasteiger charge is -2.39. The number of fused-ring (bicyclic) bond motifs is 2. The van der Waals surface area contributed by atoms with Crippen LogP contribution in [0.5, 0.6) is 0 Å². The first-order valence-electron chi connectivity index (χ1n) is 11.4. The maximum atomic E-state index is 2.65. The molecule has 0 aliphatic heterocycles. The lowest BCUT2D eigenvalue weighted by Crippen LogP contribution is -2.41. The van der Waals surface area contributed by atoms with Gasteiger partial charge in [0.05, 0.1) is 8.07 Å². The van der Waals surface area contributed by atoms with Crippen molar-refractivity contribution in [3.05, 3.63) is 62.3 Å². The molecule has 0 N–H and O–H groups in total. The van der Waals surface area contributed by atoms with E-state index in [9.17, 15) is 0 Å². The van der Waals surface area contributed by atoms with Gasteiger partial charge in [-0.25, -0.2) is 0 Å². The summed E-state index contributed by atoms with van der Waals surface area (Å²) in [5.41, 5.74) is 16.1. The summed E-state index contributed by atoms with van der Waals surface area (Å²) in [4.78, 5) is 0. The average molecular weight is 405 g/mol. The molecule has 1 aromatic rings. The zero-order valence-electron chi connectivity index (χ0n) is 20.6. The summed E-state index contributed by atoms with van der Waals surface area (Å²) in [5, 5.41) is 0. The number of benzene rings is 1. The molecule has 0 nitrogen and oxygen atoms in total. The second-order valence-electron chi connectivity index (χ2n) is 12.2. The Balaban J connectivity index is 1.87. The minimum atomic E-state index is -1.66. The molecule has 29 heavy (non-hydrogen) atoms. The predicted molar refractivity (Wildman–Crippen MR) is 131 cm³/mol. The summed E-state index contributed by atoms with van der Waals surface area (Å²) in [6, 6.07) is 5.20. The van der Waals surface area contributed by atoms with Gasteiger partial charge in [-0.15, -0.1) is 0 Å². The molecule has 0 bridgehead atoms. The van der Waals surface area contributed by atoms with Gasteiger partial charge in [-0.1, -0.05) is 75.7 Å². The zero-order chi connectivity index (χ0) is 21.7. The predicted octanol–water partition coefficient (Wildman–Crippen LogP) is 8.45. The molecule has 4 rings (SSSR count). The molecule has 1 aromatic carbocycles. The van der Waals surface area contributed by atoms with Crippen molar-refractivity contribution in [1.29, 1.82) is 0 Å². The van der Waals surface area contributed by atoms with E-state index < -0.39 is 8.07 Å². The van der Waals surface area contributed by atoms with E-state index in [4.69, 9.17) is 0 Å². The van der Waals surface area contributed by atoms with E-state index in [0.29, 0.717) is 11.1 Å². The van der Waals surface area contributed by atoms with Crippen molar-refractivity contribution in [2.24, 2.45) is 0 Å². The van der Waals surface area contributed by atoms with E-state index in [0.717, 1.165) is 0 Å². The Morgan fingerprint density at radius 2 is 1.24 bits per heavy atom. The maximum Gasteiger partial charge on any atom is 0.0717 e. The van der Waals surface area contributed by atoms with E-state index in [-0.39, 0.29) is 10.8 Å². The minimum absolute atomic E-state index is 0.271. The third-order valence-electron chi connectivity index (χ3n) is 8.81. The molecule has 1 atom stereocenters. The molecule has 0 spiro atoms. The van der Waals surface area contributed by atoms with E-state index in [2.05, 4.69) is 93.6 Å². The number of allylic oxidation sites excluding steroid dienone is 5. The SMILES string of the molecule is CC1=Cc2cc3c(cc2C1[Si](C)(C)C1C(C)=C(C)C(C)=C1C)C(C)(C)CC3(C)C. The molecule has 0 aromatic heterocycles. The van der Waals surface area contributed by atoms with Gasteiger partial charge < -0.3 is 0 Å².